The van der Waals surface area contributed by atoms with E-state index in [9.17, 15) is 9.59 Å². The smallest absolute Gasteiger partial charge is 0.237 e. The van der Waals surface area contributed by atoms with E-state index in [0.29, 0.717) is 26.0 Å². The Morgan fingerprint density at radius 3 is 2.69 bits per heavy atom. The molecule has 1 atom stereocenters. The largest absolute Gasteiger partial charge is 0.356 e. The molecule has 0 bridgehead atoms. The molecule has 0 aromatic carbocycles. The van der Waals surface area contributed by atoms with Gasteiger partial charge in [-0.05, 0) is 12.8 Å². The van der Waals surface area contributed by atoms with E-state index in [1.165, 1.54) is 12.2 Å². The molecule has 0 fully saturated rings. The third-order valence-electron chi connectivity index (χ3n) is 1.33. The zero-order valence-electron chi connectivity index (χ0n) is 7.52. The van der Waals surface area contributed by atoms with Crippen LogP contribution in [0.4, 0.5) is 0 Å². The number of nitrogens with zero attached hydrogens (tertiary/aromatic N) is 2. The monoisotopic (exact) mass is 184 g/mol. The standard InChI is InChI=1S/C8H12N2O3/c1-2-8(10-7-12)13-5-3-4-9-6-11/h8H,2-5H2,1H3. The van der Waals surface area contributed by atoms with E-state index in [1.807, 2.05) is 6.92 Å². The Morgan fingerprint density at radius 1 is 1.38 bits per heavy atom. The fraction of sp³-hybridized carbons (Fsp3) is 0.750. The minimum atomic E-state index is -0.419. The fourth-order valence-electron chi connectivity index (χ4n) is 0.714. The molecule has 0 amide bonds. The topological polar surface area (TPSA) is 68.1 Å². The molecule has 0 rings (SSSR count). The maximum atomic E-state index is 9.87. The van der Waals surface area contributed by atoms with Gasteiger partial charge >= 0.3 is 0 Å². The zero-order valence-corrected chi connectivity index (χ0v) is 7.52. The third kappa shape index (κ3) is 7.09. The average Bonchev–Trinajstić information content (AvgIpc) is 2.16. The van der Waals surface area contributed by atoms with Gasteiger partial charge < -0.3 is 4.74 Å². The van der Waals surface area contributed by atoms with E-state index >= 15 is 0 Å². The van der Waals surface area contributed by atoms with Gasteiger partial charge in [-0.3, -0.25) is 0 Å². The second kappa shape index (κ2) is 8.81. The minimum Gasteiger partial charge on any atom is -0.356 e. The SMILES string of the molecule is CCC(N=C=O)OCCCN=C=O. The fourth-order valence-corrected chi connectivity index (χ4v) is 0.714. The summed E-state index contributed by atoms with van der Waals surface area (Å²) < 4.78 is 5.16. The predicted molar refractivity (Wildman–Crippen MR) is 45.8 cm³/mol. The summed E-state index contributed by atoms with van der Waals surface area (Å²) in [6.45, 7) is 2.68. The van der Waals surface area contributed by atoms with Crippen LogP contribution in [0.25, 0.3) is 0 Å². The average molecular weight is 184 g/mol. The quantitative estimate of drug-likeness (QED) is 0.334. The summed E-state index contributed by atoms with van der Waals surface area (Å²) in [6.07, 6.45) is 3.70. The van der Waals surface area contributed by atoms with Gasteiger partial charge in [-0.1, -0.05) is 6.92 Å². The molecule has 0 radical (unpaired) electrons. The van der Waals surface area contributed by atoms with Gasteiger partial charge in [0.1, 0.15) is 0 Å². The molecule has 1 unspecified atom stereocenters. The summed E-state index contributed by atoms with van der Waals surface area (Å²) in [5, 5.41) is 0. The zero-order chi connectivity index (χ0) is 9.94. The molecule has 0 saturated carbocycles. The second-order valence-electron chi connectivity index (χ2n) is 2.28. The molecule has 72 valence electrons. The van der Waals surface area contributed by atoms with Crippen LogP contribution in [-0.4, -0.2) is 31.5 Å². The van der Waals surface area contributed by atoms with E-state index in [-0.39, 0.29) is 0 Å². The van der Waals surface area contributed by atoms with Crippen molar-refractivity contribution >= 4 is 12.2 Å². The molecule has 5 heteroatoms. The molecular weight excluding hydrogens is 172 g/mol. The highest BCUT2D eigenvalue weighted by molar-refractivity contribution is 5.33. The Bertz CT molecular complexity index is 217. The summed E-state index contributed by atoms with van der Waals surface area (Å²) >= 11 is 0. The van der Waals surface area contributed by atoms with Crippen molar-refractivity contribution in [2.45, 2.75) is 26.0 Å². The Labute approximate surface area is 76.5 Å². The highest BCUT2D eigenvalue weighted by Crippen LogP contribution is 1.99. The van der Waals surface area contributed by atoms with Crippen LogP contribution in [0.2, 0.25) is 0 Å². The molecule has 5 nitrogen and oxygen atoms in total. The Morgan fingerprint density at radius 2 is 2.15 bits per heavy atom. The highest BCUT2D eigenvalue weighted by Gasteiger charge is 2.01. The molecule has 0 aliphatic heterocycles. The van der Waals surface area contributed by atoms with Crippen molar-refractivity contribution in [2.24, 2.45) is 9.98 Å². The van der Waals surface area contributed by atoms with Gasteiger partial charge in [0, 0.05) is 0 Å². The second-order valence-corrected chi connectivity index (χ2v) is 2.28. The van der Waals surface area contributed by atoms with Crippen LogP contribution in [0.5, 0.6) is 0 Å². The van der Waals surface area contributed by atoms with Gasteiger partial charge in [0.15, 0.2) is 6.23 Å². The number of hydrogen-bond acceptors (Lipinski definition) is 5. The first kappa shape index (κ1) is 11.7. The third-order valence-corrected chi connectivity index (χ3v) is 1.33. The first-order valence-electron chi connectivity index (χ1n) is 4.07. The summed E-state index contributed by atoms with van der Waals surface area (Å²) in [4.78, 5) is 26.3. The van der Waals surface area contributed by atoms with Crippen LogP contribution >= 0.6 is 0 Å². The summed E-state index contributed by atoms with van der Waals surface area (Å²) in [6, 6.07) is 0. The Hall–Kier alpha value is -1.28. The molecule has 13 heavy (non-hydrogen) atoms. The summed E-state index contributed by atoms with van der Waals surface area (Å²) in [7, 11) is 0. The molecular formula is C8H12N2O3. The lowest BCUT2D eigenvalue weighted by molar-refractivity contribution is 0.0566. The number of ether oxygens (including phenoxy) is 1. The van der Waals surface area contributed by atoms with Gasteiger partial charge in [-0.25, -0.2) is 14.6 Å². The van der Waals surface area contributed by atoms with Gasteiger partial charge in [0.25, 0.3) is 0 Å². The number of rotatable bonds is 7. The minimum absolute atomic E-state index is 0.394. The number of aliphatic imine (C=N–C) groups is 2. The first-order valence-corrected chi connectivity index (χ1v) is 4.07. The first-order chi connectivity index (χ1) is 6.35. The number of hydrogen-bond donors (Lipinski definition) is 0. The van der Waals surface area contributed by atoms with Crippen LogP contribution in [0.1, 0.15) is 19.8 Å². The van der Waals surface area contributed by atoms with Crippen LogP contribution < -0.4 is 0 Å². The molecule has 0 aromatic heterocycles. The molecule has 0 spiro atoms. The van der Waals surface area contributed by atoms with E-state index in [4.69, 9.17) is 4.74 Å². The molecule has 0 aliphatic carbocycles. The van der Waals surface area contributed by atoms with Gasteiger partial charge in [0.2, 0.25) is 12.2 Å². The van der Waals surface area contributed by atoms with Crippen molar-refractivity contribution in [1.29, 1.82) is 0 Å². The van der Waals surface area contributed by atoms with Gasteiger partial charge in [-0.15, -0.1) is 0 Å². The van der Waals surface area contributed by atoms with Crippen LogP contribution in [-0.2, 0) is 14.3 Å². The van der Waals surface area contributed by atoms with Crippen molar-refractivity contribution < 1.29 is 14.3 Å². The maximum Gasteiger partial charge on any atom is 0.237 e. The molecule has 0 heterocycles. The molecule has 0 saturated heterocycles. The van der Waals surface area contributed by atoms with Crippen molar-refractivity contribution in [3.05, 3.63) is 0 Å². The Kier molecular flexibility index (Phi) is 7.95. The number of isocyanates is 2. The molecule has 0 N–H and O–H groups in total. The predicted octanol–water partition coefficient (Wildman–Crippen LogP) is 0.801. The van der Waals surface area contributed by atoms with Crippen molar-refractivity contribution in [3.63, 3.8) is 0 Å². The lowest BCUT2D eigenvalue weighted by Gasteiger charge is -2.07. The molecule has 0 aliphatic rings. The maximum absolute atomic E-state index is 9.87. The van der Waals surface area contributed by atoms with Gasteiger partial charge in [0.05, 0.1) is 13.2 Å². The van der Waals surface area contributed by atoms with Crippen LogP contribution in [0, 0.1) is 0 Å². The van der Waals surface area contributed by atoms with Gasteiger partial charge in [-0.2, -0.15) is 4.99 Å². The summed E-state index contributed by atoms with van der Waals surface area (Å²) in [5.41, 5.74) is 0. The lowest BCUT2D eigenvalue weighted by atomic mass is 10.4. The van der Waals surface area contributed by atoms with Crippen molar-refractivity contribution in [1.82, 2.24) is 0 Å². The highest BCUT2D eigenvalue weighted by atomic mass is 16.5. The lowest BCUT2D eigenvalue weighted by Crippen LogP contribution is -2.09. The molecule has 0 aromatic rings. The van der Waals surface area contributed by atoms with Crippen LogP contribution in [0.15, 0.2) is 9.98 Å². The van der Waals surface area contributed by atoms with E-state index in [1.54, 1.807) is 0 Å². The van der Waals surface area contributed by atoms with E-state index in [2.05, 4.69) is 9.98 Å². The van der Waals surface area contributed by atoms with Crippen LogP contribution in [0.3, 0.4) is 0 Å². The summed E-state index contributed by atoms with van der Waals surface area (Å²) in [5.74, 6) is 0. The Balaban J connectivity index is 3.48. The number of carbonyl (C=O) groups excluding carboxylic acids is 2. The van der Waals surface area contributed by atoms with E-state index in [0.717, 1.165) is 0 Å². The van der Waals surface area contributed by atoms with Crippen molar-refractivity contribution in [3.8, 4) is 0 Å². The van der Waals surface area contributed by atoms with E-state index < -0.39 is 6.23 Å². The van der Waals surface area contributed by atoms with Crippen molar-refractivity contribution in [2.75, 3.05) is 13.2 Å². The normalized spacial score (nSPS) is 11.2.